The molecule has 0 unspecified atom stereocenters. The van der Waals surface area contributed by atoms with Crippen LogP contribution in [0, 0.1) is 12.3 Å². The molecule has 17 heavy (non-hydrogen) atoms. The standard InChI is InChI=1S/C11H13ClN2O2S/c1-3-6-14(2)17(15,16)10-5-4-9(8-13)11(12)7-10/h1,4-5,7H,6,8,13H2,2H3. The third kappa shape index (κ3) is 2.99. The molecule has 2 N–H and O–H groups in total. The minimum absolute atomic E-state index is 0.0125. The fourth-order valence-corrected chi connectivity index (χ4v) is 2.68. The van der Waals surface area contributed by atoms with Crippen molar-refractivity contribution in [3.05, 3.63) is 28.8 Å². The highest BCUT2D eigenvalue weighted by Gasteiger charge is 2.20. The van der Waals surface area contributed by atoms with Gasteiger partial charge < -0.3 is 5.73 Å². The van der Waals surface area contributed by atoms with Gasteiger partial charge in [0.1, 0.15) is 0 Å². The van der Waals surface area contributed by atoms with E-state index in [-0.39, 0.29) is 18.0 Å². The van der Waals surface area contributed by atoms with Crippen LogP contribution in [0.4, 0.5) is 0 Å². The van der Waals surface area contributed by atoms with Crippen LogP contribution < -0.4 is 5.73 Å². The van der Waals surface area contributed by atoms with Crippen molar-refractivity contribution in [1.82, 2.24) is 4.31 Å². The van der Waals surface area contributed by atoms with Gasteiger partial charge in [0, 0.05) is 18.6 Å². The number of sulfonamides is 1. The van der Waals surface area contributed by atoms with E-state index in [4.69, 9.17) is 23.8 Å². The van der Waals surface area contributed by atoms with Crippen LogP contribution in [0.15, 0.2) is 23.1 Å². The summed E-state index contributed by atoms with van der Waals surface area (Å²) in [5.41, 5.74) is 6.15. The third-order valence-corrected chi connectivity index (χ3v) is 4.42. The minimum Gasteiger partial charge on any atom is -0.326 e. The average molecular weight is 273 g/mol. The minimum atomic E-state index is -3.58. The van der Waals surface area contributed by atoms with Gasteiger partial charge in [0.15, 0.2) is 0 Å². The molecular formula is C11H13ClN2O2S. The van der Waals surface area contributed by atoms with E-state index < -0.39 is 10.0 Å². The van der Waals surface area contributed by atoms with Crippen LogP contribution in [0.3, 0.4) is 0 Å². The van der Waals surface area contributed by atoms with Gasteiger partial charge in [-0.3, -0.25) is 0 Å². The van der Waals surface area contributed by atoms with Crippen LogP contribution in [-0.4, -0.2) is 26.3 Å². The van der Waals surface area contributed by atoms with Gasteiger partial charge in [0.05, 0.1) is 11.4 Å². The normalized spacial score (nSPS) is 11.5. The van der Waals surface area contributed by atoms with Crippen molar-refractivity contribution in [2.24, 2.45) is 5.73 Å². The predicted molar refractivity (Wildman–Crippen MR) is 68.0 cm³/mol. The Hall–Kier alpha value is -1.06. The third-order valence-electron chi connectivity index (χ3n) is 2.27. The van der Waals surface area contributed by atoms with Crippen molar-refractivity contribution >= 4 is 21.6 Å². The molecule has 0 amide bonds. The highest BCUT2D eigenvalue weighted by Crippen LogP contribution is 2.22. The van der Waals surface area contributed by atoms with Crippen molar-refractivity contribution in [2.75, 3.05) is 13.6 Å². The number of rotatable bonds is 4. The van der Waals surface area contributed by atoms with E-state index in [1.807, 2.05) is 0 Å². The van der Waals surface area contributed by atoms with Crippen LogP contribution in [0.2, 0.25) is 5.02 Å². The molecule has 6 heteroatoms. The maximum Gasteiger partial charge on any atom is 0.243 e. The number of nitrogens with zero attached hydrogens (tertiary/aromatic N) is 1. The summed E-state index contributed by atoms with van der Waals surface area (Å²) in [7, 11) is -2.17. The van der Waals surface area contributed by atoms with Crippen molar-refractivity contribution < 1.29 is 8.42 Å². The molecule has 1 aromatic carbocycles. The first kappa shape index (κ1) is 14.0. The molecule has 0 aliphatic carbocycles. The summed E-state index contributed by atoms with van der Waals surface area (Å²) < 4.78 is 25.1. The molecule has 0 aliphatic rings. The molecule has 4 nitrogen and oxygen atoms in total. The molecule has 0 radical (unpaired) electrons. The zero-order chi connectivity index (χ0) is 13.1. The first-order chi connectivity index (χ1) is 7.93. The molecule has 0 spiro atoms. The van der Waals surface area contributed by atoms with E-state index in [1.165, 1.54) is 19.2 Å². The summed E-state index contributed by atoms with van der Waals surface area (Å²) in [5, 5.41) is 0.336. The summed E-state index contributed by atoms with van der Waals surface area (Å²) in [5.74, 6) is 2.27. The molecule has 0 saturated heterocycles. The van der Waals surface area contributed by atoms with Crippen molar-refractivity contribution in [1.29, 1.82) is 0 Å². The Morgan fingerprint density at radius 1 is 1.53 bits per heavy atom. The van der Waals surface area contributed by atoms with Gasteiger partial charge in [0.25, 0.3) is 0 Å². The first-order valence-corrected chi connectivity index (χ1v) is 6.63. The van der Waals surface area contributed by atoms with E-state index in [0.717, 1.165) is 4.31 Å². The van der Waals surface area contributed by atoms with Gasteiger partial charge in [-0.25, -0.2) is 8.42 Å². The van der Waals surface area contributed by atoms with E-state index in [1.54, 1.807) is 6.07 Å². The molecule has 0 bridgehead atoms. The van der Waals surface area contributed by atoms with Crippen LogP contribution in [0.25, 0.3) is 0 Å². The maximum atomic E-state index is 12.0. The summed E-state index contributed by atoms with van der Waals surface area (Å²) in [6.07, 6.45) is 5.08. The second-order valence-corrected chi connectivity index (χ2v) is 5.87. The van der Waals surface area contributed by atoms with Crippen LogP contribution >= 0.6 is 11.6 Å². The smallest absolute Gasteiger partial charge is 0.243 e. The maximum absolute atomic E-state index is 12.0. The predicted octanol–water partition coefficient (Wildman–Crippen LogP) is 1.05. The molecule has 1 aromatic rings. The lowest BCUT2D eigenvalue weighted by Crippen LogP contribution is -2.27. The number of nitrogens with two attached hydrogens (primary N) is 1. The zero-order valence-electron chi connectivity index (χ0n) is 9.35. The second kappa shape index (κ2) is 5.52. The van der Waals surface area contributed by atoms with E-state index in [0.29, 0.717) is 10.6 Å². The van der Waals surface area contributed by atoms with Crippen molar-refractivity contribution in [3.63, 3.8) is 0 Å². The highest BCUT2D eigenvalue weighted by molar-refractivity contribution is 7.89. The largest absolute Gasteiger partial charge is 0.326 e. The molecule has 0 fully saturated rings. The lowest BCUT2D eigenvalue weighted by Gasteiger charge is -2.15. The van der Waals surface area contributed by atoms with E-state index in [2.05, 4.69) is 5.92 Å². The highest BCUT2D eigenvalue weighted by atomic mass is 35.5. The zero-order valence-corrected chi connectivity index (χ0v) is 10.9. The van der Waals surface area contributed by atoms with Gasteiger partial charge in [-0.15, -0.1) is 6.42 Å². The number of terminal acetylenes is 1. The van der Waals surface area contributed by atoms with Crippen LogP contribution in [-0.2, 0) is 16.6 Å². The number of benzene rings is 1. The topological polar surface area (TPSA) is 63.4 Å². The van der Waals surface area contributed by atoms with Gasteiger partial charge in [-0.05, 0) is 17.7 Å². The molecule has 1 rings (SSSR count). The number of hydrogen-bond donors (Lipinski definition) is 1. The van der Waals surface area contributed by atoms with Gasteiger partial charge in [-0.2, -0.15) is 4.31 Å². The fourth-order valence-electron chi connectivity index (χ4n) is 1.25. The summed E-state index contributed by atoms with van der Waals surface area (Å²) >= 11 is 5.91. The Labute approximate surface area is 106 Å². The Kier molecular flexibility index (Phi) is 4.54. The van der Waals surface area contributed by atoms with Gasteiger partial charge in [-0.1, -0.05) is 23.6 Å². The lowest BCUT2D eigenvalue weighted by molar-refractivity contribution is 0.503. The van der Waals surface area contributed by atoms with E-state index >= 15 is 0 Å². The Bertz CT molecular complexity index is 549. The fraction of sp³-hybridized carbons (Fsp3) is 0.273. The molecule has 0 atom stereocenters. The van der Waals surface area contributed by atoms with Gasteiger partial charge in [0.2, 0.25) is 10.0 Å². The Morgan fingerprint density at radius 3 is 2.65 bits per heavy atom. The van der Waals surface area contributed by atoms with Crippen molar-refractivity contribution in [3.8, 4) is 12.3 Å². The van der Waals surface area contributed by atoms with Crippen LogP contribution in [0.1, 0.15) is 5.56 Å². The quantitative estimate of drug-likeness (QED) is 0.834. The molecule has 0 aromatic heterocycles. The molecule has 92 valence electrons. The number of halogens is 1. The molecule has 0 heterocycles. The average Bonchev–Trinajstić information content (AvgIpc) is 2.29. The first-order valence-electron chi connectivity index (χ1n) is 4.81. The summed E-state index contributed by atoms with van der Waals surface area (Å²) in [6, 6.07) is 4.45. The van der Waals surface area contributed by atoms with Crippen LogP contribution in [0.5, 0.6) is 0 Å². The molecular weight excluding hydrogens is 260 g/mol. The summed E-state index contributed by atoms with van der Waals surface area (Å²) in [4.78, 5) is 0.109. The molecule has 0 aliphatic heterocycles. The summed E-state index contributed by atoms with van der Waals surface area (Å²) in [6.45, 7) is 0.276. The second-order valence-electron chi connectivity index (χ2n) is 3.42. The van der Waals surface area contributed by atoms with E-state index in [9.17, 15) is 8.42 Å². The van der Waals surface area contributed by atoms with Gasteiger partial charge >= 0.3 is 0 Å². The SMILES string of the molecule is C#CCN(C)S(=O)(=O)c1ccc(CN)c(Cl)c1. The molecule has 0 saturated carbocycles. The lowest BCUT2D eigenvalue weighted by atomic mass is 10.2. The number of hydrogen-bond acceptors (Lipinski definition) is 3. The Balaban J connectivity index is 3.17. The monoisotopic (exact) mass is 272 g/mol. The Morgan fingerprint density at radius 2 is 2.18 bits per heavy atom. The van der Waals surface area contributed by atoms with Crippen molar-refractivity contribution in [2.45, 2.75) is 11.4 Å².